The monoisotopic (exact) mass is 351 g/mol. The maximum absolute atomic E-state index is 5.72. The van der Waals surface area contributed by atoms with Crippen LogP contribution in [0.1, 0.15) is 70.9 Å². The maximum Gasteiger partial charge on any atom is 0.0349 e. The van der Waals surface area contributed by atoms with Crippen molar-refractivity contribution in [3.05, 3.63) is 58.7 Å². The van der Waals surface area contributed by atoms with Crippen LogP contribution in [0, 0.1) is 25.7 Å². The molecule has 1 unspecified atom stereocenters. The summed E-state index contributed by atoms with van der Waals surface area (Å²) < 4.78 is 0. The van der Waals surface area contributed by atoms with Crippen LogP contribution >= 0.6 is 0 Å². The summed E-state index contributed by atoms with van der Waals surface area (Å²) in [5.41, 5.74) is 12.2. The molecule has 142 valence electrons. The number of terminal acetylenes is 1. The maximum atomic E-state index is 5.72. The van der Waals surface area contributed by atoms with Gasteiger partial charge < -0.3 is 5.73 Å². The third kappa shape index (κ3) is 8.26. The van der Waals surface area contributed by atoms with Crippen molar-refractivity contribution in [2.75, 3.05) is 5.73 Å². The third-order valence-electron chi connectivity index (χ3n) is 4.76. The highest BCUT2D eigenvalue weighted by Gasteiger charge is 2.10. The fraction of sp³-hybridized carbons (Fsp3) is 0.440. The fourth-order valence-corrected chi connectivity index (χ4v) is 3.08. The molecule has 1 aliphatic carbocycles. The van der Waals surface area contributed by atoms with Gasteiger partial charge in [0.25, 0.3) is 0 Å². The smallest absolute Gasteiger partial charge is 0.0349 e. The van der Waals surface area contributed by atoms with Crippen molar-refractivity contribution in [2.45, 2.75) is 66.7 Å². The van der Waals surface area contributed by atoms with E-state index in [1.807, 2.05) is 32.1 Å². The third-order valence-corrected chi connectivity index (χ3v) is 4.76. The highest BCUT2D eigenvalue weighted by atomic mass is 14.6. The van der Waals surface area contributed by atoms with Gasteiger partial charge in [-0.2, -0.15) is 0 Å². The number of anilines is 1. The Morgan fingerprint density at radius 1 is 1.23 bits per heavy atom. The van der Waals surface area contributed by atoms with Crippen LogP contribution in [0.3, 0.4) is 0 Å². The van der Waals surface area contributed by atoms with Crippen LogP contribution in [0.4, 0.5) is 5.69 Å². The van der Waals surface area contributed by atoms with Gasteiger partial charge in [0.1, 0.15) is 0 Å². The number of benzene rings is 1. The molecule has 1 nitrogen and oxygen atoms in total. The minimum Gasteiger partial charge on any atom is -0.398 e. The van der Waals surface area contributed by atoms with Crippen LogP contribution in [-0.4, -0.2) is 0 Å². The molecule has 0 spiro atoms. The summed E-state index contributed by atoms with van der Waals surface area (Å²) in [4.78, 5) is 0. The Morgan fingerprint density at radius 2 is 1.92 bits per heavy atom. The first-order chi connectivity index (χ1) is 12.5. The molecule has 0 amide bonds. The van der Waals surface area contributed by atoms with E-state index in [2.05, 4.69) is 57.9 Å². The number of unbranched alkanes of at least 4 members (excludes halogenated alkanes) is 1. The van der Waals surface area contributed by atoms with E-state index >= 15 is 0 Å². The van der Waals surface area contributed by atoms with Crippen LogP contribution in [0.25, 0.3) is 6.08 Å². The highest BCUT2D eigenvalue weighted by molar-refractivity contribution is 5.61. The Bertz CT molecular complexity index is 629. The largest absolute Gasteiger partial charge is 0.398 e. The van der Waals surface area contributed by atoms with E-state index in [1.54, 1.807) is 11.1 Å². The molecular weight excluding hydrogens is 314 g/mol. The van der Waals surface area contributed by atoms with Crippen molar-refractivity contribution < 1.29 is 0 Å². The Labute approximate surface area is 162 Å². The average Bonchev–Trinajstić information content (AvgIpc) is 2.66. The van der Waals surface area contributed by atoms with Gasteiger partial charge in [-0.05, 0) is 68.7 Å². The molecule has 1 heteroatoms. The van der Waals surface area contributed by atoms with E-state index in [1.165, 1.54) is 37.7 Å². The van der Waals surface area contributed by atoms with Gasteiger partial charge in [0.2, 0.25) is 0 Å². The van der Waals surface area contributed by atoms with Crippen LogP contribution in [0.2, 0.25) is 0 Å². The van der Waals surface area contributed by atoms with Gasteiger partial charge in [0.15, 0.2) is 0 Å². The predicted octanol–water partition coefficient (Wildman–Crippen LogP) is 7.34. The predicted molar refractivity (Wildman–Crippen MR) is 120 cm³/mol. The molecule has 1 aliphatic rings. The van der Waals surface area contributed by atoms with Gasteiger partial charge in [-0.1, -0.05) is 68.7 Å². The van der Waals surface area contributed by atoms with Crippen molar-refractivity contribution in [1.82, 2.24) is 0 Å². The lowest BCUT2D eigenvalue weighted by molar-refractivity contribution is 0.572. The van der Waals surface area contributed by atoms with E-state index < -0.39 is 0 Å². The average molecular weight is 352 g/mol. The number of hydrogen-bond donors (Lipinski definition) is 1. The van der Waals surface area contributed by atoms with Crippen LogP contribution in [-0.2, 0) is 0 Å². The van der Waals surface area contributed by atoms with Gasteiger partial charge in [0.05, 0.1) is 0 Å². The van der Waals surface area contributed by atoms with Crippen molar-refractivity contribution in [1.29, 1.82) is 0 Å². The Hall–Kier alpha value is -2.20. The molecule has 0 aromatic heterocycles. The summed E-state index contributed by atoms with van der Waals surface area (Å²) in [7, 11) is 0. The van der Waals surface area contributed by atoms with Crippen LogP contribution in [0.15, 0.2) is 47.6 Å². The quantitative estimate of drug-likeness (QED) is 0.436. The van der Waals surface area contributed by atoms with Crippen molar-refractivity contribution in [3.63, 3.8) is 0 Å². The second-order valence-corrected chi connectivity index (χ2v) is 6.78. The fourth-order valence-electron chi connectivity index (χ4n) is 3.08. The minimum atomic E-state index is 0.775. The van der Waals surface area contributed by atoms with E-state index in [-0.39, 0.29) is 0 Å². The lowest BCUT2D eigenvalue weighted by Gasteiger charge is -2.18. The van der Waals surface area contributed by atoms with Gasteiger partial charge in [-0.25, -0.2) is 0 Å². The summed E-state index contributed by atoms with van der Waals surface area (Å²) in [6, 6.07) is 5.95. The van der Waals surface area contributed by atoms with Gasteiger partial charge in [0, 0.05) is 5.69 Å². The molecule has 0 fully saturated rings. The van der Waals surface area contributed by atoms with E-state index in [0.29, 0.717) is 0 Å². The zero-order valence-corrected chi connectivity index (χ0v) is 17.4. The first-order valence-corrected chi connectivity index (χ1v) is 9.68. The lowest BCUT2D eigenvalue weighted by atomic mass is 9.87. The molecule has 0 bridgehead atoms. The molecule has 0 saturated carbocycles. The Morgan fingerprint density at radius 3 is 2.50 bits per heavy atom. The van der Waals surface area contributed by atoms with Crippen LogP contribution in [0.5, 0.6) is 0 Å². The summed E-state index contributed by atoms with van der Waals surface area (Å²) in [6.45, 7) is 11.0. The standard InChI is InChI=1S/C13H22.C10H13N.C2H2/c1-4-5-8-11(2)13-10-7-6-9-12(13)3;1-3-5-9-6-4-7-10(11)8(9)2;1-2/h7,10-11H,4-6,8-9H2,1-3H3;3-7H,11H2,1-2H3;1-2H/b;5-3-;. The molecule has 0 aliphatic heterocycles. The second-order valence-electron chi connectivity index (χ2n) is 6.78. The highest BCUT2D eigenvalue weighted by Crippen LogP contribution is 2.27. The molecule has 1 atom stereocenters. The zero-order chi connectivity index (χ0) is 19.9. The van der Waals surface area contributed by atoms with Crippen LogP contribution < -0.4 is 5.73 Å². The summed E-state index contributed by atoms with van der Waals surface area (Å²) in [6.07, 6.45) is 23.3. The lowest BCUT2D eigenvalue weighted by Crippen LogP contribution is -2.02. The van der Waals surface area contributed by atoms with E-state index in [9.17, 15) is 0 Å². The number of nitrogens with two attached hydrogens (primary N) is 1. The molecular formula is C25H37N. The van der Waals surface area contributed by atoms with E-state index in [0.717, 1.165) is 17.2 Å². The number of hydrogen-bond acceptors (Lipinski definition) is 1. The Balaban J connectivity index is 0.000000444. The first kappa shape index (κ1) is 23.8. The summed E-state index contributed by atoms with van der Waals surface area (Å²) in [5, 5.41) is 0. The molecule has 1 aromatic rings. The Kier molecular flexibility index (Phi) is 12.8. The molecule has 1 aromatic carbocycles. The molecule has 0 heterocycles. The number of nitrogen functional groups attached to an aromatic ring is 1. The summed E-state index contributed by atoms with van der Waals surface area (Å²) in [5.74, 6) is 0.775. The zero-order valence-electron chi connectivity index (χ0n) is 17.4. The second kappa shape index (κ2) is 14.0. The molecule has 2 N–H and O–H groups in total. The molecule has 0 radical (unpaired) electrons. The van der Waals surface area contributed by atoms with E-state index in [4.69, 9.17) is 5.73 Å². The topological polar surface area (TPSA) is 26.0 Å². The van der Waals surface area contributed by atoms with Crippen molar-refractivity contribution in [3.8, 4) is 12.8 Å². The normalized spacial score (nSPS) is 14.3. The summed E-state index contributed by atoms with van der Waals surface area (Å²) >= 11 is 0. The first-order valence-electron chi connectivity index (χ1n) is 9.68. The minimum absolute atomic E-state index is 0.775. The van der Waals surface area contributed by atoms with Gasteiger partial charge >= 0.3 is 0 Å². The molecule has 26 heavy (non-hydrogen) atoms. The number of allylic oxidation sites excluding steroid dienone is 5. The molecule has 0 saturated heterocycles. The van der Waals surface area contributed by atoms with Gasteiger partial charge in [-0.15, -0.1) is 12.8 Å². The SMILES string of the molecule is C#C.C/C=C\c1cccc(N)c1C.CCCCC(C)C1=C(C)CCC=C1. The van der Waals surface area contributed by atoms with Crippen molar-refractivity contribution >= 4 is 11.8 Å². The van der Waals surface area contributed by atoms with Gasteiger partial charge in [-0.3, -0.25) is 0 Å². The van der Waals surface area contributed by atoms with Crippen molar-refractivity contribution in [2.24, 2.45) is 5.92 Å². The molecule has 2 rings (SSSR count). The number of rotatable bonds is 5.